The lowest BCUT2D eigenvalue weighted by Crippen LogP contribution is -2.38. The molecule has 0 bridgehead atoms. The van der Waals surface area contributed by atoms with E-state index in [4.69, 9.17) is 0 Å². The highest BCUT2D eigenvalue weighted by molar-refractivity contribution is 4.69. The van der Waals surface area contributed by atoms with Crippen LogP contribution < -0.4 is 0 Å². The standard InChI is InChI=1S/C11H25N/c1-6-8-9-12(10(3)4)11(5)7-2/h10-11H,6-9H2,1-5H3. The molecule has 0 saturated heterocycles. The van der Waals surface area contributed by atoms with Crippen molar-refractivity contribution in [3.63, 3.8) is 0 Å². The van der Waals surface area contributed by atoms with E-state index in [1.165, 1.54) is 25.8 Å². The first kappa shape index (κ1) is 12.0. The number of unbranched alkanes of at least 4 members (excludes halogenated alkanes) is 1. The minimum atomic E-state index is 0.700. The first-order valence-corrected chi connectivity index (χ1v) is 5.39. The Morgan fingerprint density at radius 3 is 2.00 bits per heavy atom. The molecule has 0 rings (SSSR count). The lowest BCUT2D eigenvalue weighted by atomic mass is 10.1. The van der Waals surface area contributed by atoms with E-state index in [1.807, 2.05) is 0 Å². The smallest absolute Gasteiger partial charge is 0.00670 e. The van der Waals surface area contributed by atoms with Crippen LogP contribution in [0.1, 0.15) is 53.9 Å². The average Bonchev–Trinajstić information content (AvgIpc) is 2.04. The highest BCUT2D eigenvalue weighted by Crippen LogP contribution is 2.09. The average molecular weight is 171 g/mol. The van der Waals surface area contributed by atoms with Crippen LogP contribution in [-0.4, -0.2) is 23.5 Å². The van der Waals surface area contributed by atoms with E-state index < -0.39 is 0 Å². The Morgan fingerprint density at radius 2 is 1.67 bits per heavy atom. The Bertz CT molecular complexity index is 99.2. The van der Waals surface area contributed by atoms with Crippen molar-refractivity contribution >= 4 is 0 Å². The van der Waals surface area contributed by atoms with Gasteiger partial charge in [0, 0.05) is 12.1 Å². The number of hydrogen-bond acceptors (Lipinski definition) is 1. The van der Waals surface area contributed by atoms with E-state index in [-0.39, 0.29) is 0 Å². The molecule has 12 heavy (non-hydrogen) atoms. The van der Waals surface area contributed by atoms with Gasteiger partial charge < -0.3 is 0 Å². The molecular weight excluding hydrogens is 146 g/mol. The summed E-state index contributed by atoms with van der Waals surface area (Å²) in [4.78, 5) is 2.60. The Hall–Kier alpha value is -0.0400. The monoisotopic (exact) mass is 171 g/mol. The maximum atomic E-state index is 2.60. The van der Waals surface area contributed by atoms with E-state index in [0.717, 1.165) is 6.04 Å². The molecule has 0 saturated carbocycles. The normalized spacial score (nSPS) is 14.2. The third kappa shape index (κ3) is 4.10. The van der Waals surface area contributed by atoms with Gasteiger partial charge >= 0.3 is 0 Å². The molecule has 1 heteroatoms. The molecule has 0 heterocycles. The Kier molecular flexibility index (Phi) is 6.45. The molecule has 1 atom stereocenters. The van der Waals surface area contributed by atoms with Gasteiger partial charge in [-0.3, -0.25) is 4.90 Å². The van der Waals surface area contributed by atoms with Gasteiger partial charge in [0.05, 0.1) is 0 Å². The molecule has 0 aliphatic heterocycles. The van der Waals surface area contributed by atoms with Gasteiger partial charge in [0.15, 0.2) is 0 Å². The summed E-state index contributed by atoms with van der Waals surface area (Å²) < 4.78 is 0. The van der Waals surface area contributed by atoms with E-state index in [1.54, 1.807) is 0 Å². The zero-order valence-corrected chi connectivity index (χ0v) is 9.43. The van der Waals surface area contributed by atoms with Crippen molar-refractivity contribution in [2.24, 2.45) is 0 Å². The van der Waals surface area contributed by atoms with E-state index >= 15 is 0 Å². The van der Waals surface area contributed by atoms with E-state index in [2.05, 4.69) is 39.5 Å². The molecule has 0 aliphatic carbocycles. The topological polar surface area (TPSA) is 3.24 Å². The van der Waals surface area contributed by atoms with E-state index in [0.29, 0.717) is 6.04 Å². The largest absolute Gasteiger partial charge is 0.298 e. The fraction of sp³-hybridized carbons (Fsp3) is 1.00. The zero-order chi connectivity index (χ0) is 9.56. The molecule has 0 aromatic rings. The van der Waals surface area contributed by atoms with Gasteiger partial charge in [-0.1, -0.05) is 20.3 Å². The van der Waals surface area contributed by atoms with Crippen LogP contribution in [0.5, 0.6) is 0 Å². The van der Waals surface area contributed by atoms with Crippen LogP contribution in [-0.2, 0) is 0 Å². The number of hydrogen-bond donors (Lipinski definition) is 0. The van der Waals surface area contributed by atoms with Crippen LogP contribution in [0.2, 0.25) is 0 Å². The summed E-state index contributed by atoms with van der Waals surface area (Å²) in [5.74, 6) is 0. The van der Waals surface area contributed by atoms with Gasteiger partial charge in [-0.15, -0.1) is 0 Å². The fourth-order valence-electron chi connectivity index (χ4n) is 1.56. The highest BCUT2D eigenvalue weighted by atomic mass is 15.2. The molecule has 0 spiro atoms. The molecule has 0 N–H and O–H groups in total. The predicted molar refractivity (Wildman–Crippen MR) is 56.5 cm³/mol. The molecule has 0 aromatic heterocycles. The van der Waals surface area contributed by atoms with Crippen molar-refractivity contribution in [1.29, 1.82) is 0 Å². The Balaban J connectivity index is 3.85. The molecule has 0 aromatic carbocycles. The maximum absolute atomic E-state index is 2.60. The quantitative estimate of drug-likeness (QED) is 0.592. The van der Waals surface area contributed by atoms with Crippen LogP contribution in [0.3, 0.4) is 0 Å². The van der Waals surface area contributed by atoms with Crippen molar-refractivity contribution in [3.8, 4) is 0 Å². The molecule has 74 valence electrons. The Morgan fingerprint density at radius 1 is 1.08 bits per heavy atom. The molecule has 0 fully saturated rings. The van der Waals surface area contributed by atoms with Gasteiger partial charge in [0.1, 0.15) is 0 Å². The first-order chi connectivity index (χ1) is 5.63. The molecule has 1 unspecified atom stereocenters. The second kappa shape index (κ2) is 6.47. The third-order valence-corrected chi connectivity index (χ3v) is 2.59. The van der Waals surface area contributed by atoms with E-state index in [9.17, 15) is 0 Å². The summed E-state index contributed by atoms with van der Waals surface area (Å²) in [7, 11) is 0. The second-order valence-electron chi connectivity index (χ2n) is 3.94. The second-order valence-corrected chi connectivity index (χ2v) is 3.94. The highest BCUT2D eigenvalue weighted by Gasteiger charge is 2.13. The van der Waals surface area contributed by atoms with Crippen molar-refractivity contribution in [2.45, 2.75) is 66.0 Å². The summed E-state index contributed by atoms with van der Waals surface area (Å²) in [6, 6.07) is 1.45. The Labute approximate surface area is 78.1 Å². The molecular formula is C11H25N. The minimum Gasteiger partial charge on any atom is -0.298 e. The fourth-order valence-corrected chi connectivity index (χ4v) is 1.56. The molecule has 0 aliphatic rings. The first-order valence-electron chi connectivity index (χ1n) is 5.39. The van der Waals surface area contributed by atoms with Gasteiger partial charge in [0.25, 0.3) is 0 Å². The van der Waals surface area contributed by atoms with Crippen LogP contribution in [0.4, 0.5) is 0 Å². The van der Waals surface area contributed by atoms with Gasteiger partial charge in [0.2, 0.25) is 0 Å². The van der Waals surface area contributed by atoms with Gasteiger partial charge in [-0.2, -0.15) is 0 Å². The van der Waals surface area contributed by atoms with Crippen LogP contribution in [0.15, 0.2) is 0 Å². The lowest BCUT2D eigenvalue weighted by molar-refractivity contribution is 0.157. The minimum absolute atomic E-state index is 0.700. The maximum Gasteiger partial charge on any atom is 0.00670 e. The molecule has 1 nitrogen and oxygen atoms in total. The summed E-state index contributed by atoms with van der Waals surface area (Å²) in [5.41, 5.74) is 0. The summed E-state index contributed by atoms with van der Waals surface area (Å²) in [6.45, 7) is 12.7. The van der Waals surface area contributed by atoms with Gasteiger partial charge in [-0.05, 0) is 40.2 Å². The van der Waals surface area contributed by atoms with Crippen LogP contribution in [0, 0.1) is 0 Å². The van der Waals surface area contributed by atoms with Crippen molar-refractivity contribution in [2.75, 3.05) is 6.54 Å². The van der Waals surface area contributed by atoms with Crippen LogP contribution >= 0.6 is 0 Å². The SMILES string of the molecule is CCCCN(C(C)C)C(C)CC. The van der Waals surface area contributed by atoms with Crippen molar-refractivity contribution in [3.05, 3.63) is 0 Å². The summed E-state index contributed by atoms with van der Waals surface area (Å²) >= 11 is 0. The number of nitrogens with zero attached hydrogens (tertiary/aromatic N) is 1. The third-order valence-electron chi connectivity index (χ3n) is 2.59. The predicted octanol–water partition coefficient (Wildman–Crippen LogP) is 3.30. The molecule has 0 amide bonds. The van der Waals surface area contributed by atoms with Crippen molar-refractivity contribution in [1.82, 2.24) is 4.90 Å². The van der Waals surface area contributed by atoms with Gasteiger partial charge in [-0.25, -0.2) is 0 Å². The lowest BCUT2D eigenvalue weighted by Gasteiger charge is -2.32. The number of rotatable bonds is 6. The summed E-state index contributed by atoms with van der Waals surface area (Å²) in [6.07, 6.45) is 3.91. The zero-order valence-electron chi connectivity index (χ0n) is 9.43. The molecule has 0 radical (unpaired) electrons. The van der Waals surface area contributed by atoms with Crippen LogP contribution in [0.25, 0.3) is 0 Å². The summed E-state index contributed by atoms with van der Waals surface area (Å²) in [5, 5.41) is 0. The van der Waals surface area contributed by atoms with Crippen molar-refractivity contribution < 1.29 is 0 Å².